The van der Waals surface area contributed by atoms with Crippen LogP contribution in [0.1, 0.15) is 17.2 Å². The van der Waals surface area contributed by atoms with Gasteiger partial charge in [-0.1, -0.05) is 54.1 Å². The normalized spacial score (nSPS) is 21.5. The second-order valence-corrected chi connectivity index (χ2v) is 6.03. The first-order valence-corrected chi connectivity index (χ1v) is 7.97. The molecule has 1 amide bonds. The van der Waals surface area contributed by atoms with Crippen LogP contribution in [0.15, 0.2) is 54.6 Å². The average Bonchev–Trinajstić information content (AvgIpc) is 2.57. The number of carbonyl (C=O) groups is 1. The van der Waals surface area contributed by atoms with E-state index in [0.717, 1.165) is 11.1 Å². The molecule has 0 radical (unpaired) electrons. The highest BCUT2D eigenvalue weighted by atomic mass is 35.5. The molecular formula is C18H19ClN2O2. The molecule has 1 aliphatic heterocycles. The van der Waals surface area contributed by atoms with Crippen molar-refractivity contribution in [2.75, 3.05) is 13.2 Å². The SMILES string of the molecule is NC[C@@H]1OCC(=O)N(Cc2cccc(Cl)c2)[C@@H]1c1ccccc1. The summed E-state index contributed by atoms with van der Waals surface area (Å²) in [5.74, 6) is -0.0384. The molecule has 0 saturated carbocycles. The molecule has 2 N–H and O–H groups in total. The summed E-state index contributed by atoms with van der Waals surface area (Å²) < 4.78 is 5.66. The van der Waals surface area contributed by atoms with E-state index in [1.165, 1.54) is 0 Å². The predicted molar refractivity (Wildman–Crippen MR) is 90.0 cm³/mol. The fourth-order valence-electron chi connectivity index (χ4n) is 2.97. The molecule has 5 heteroatoms. The number of hydrogen-bond donors (Lipinski definition) is 1. The van der Waals surface area contributed by atoms with Crippen molar-refractivity contribution >= 4 is 17.5 Å². The maximum atomic E-state index is 12.5. The molecule has 4 nitrogen and oxygen atoms in total. The lowest BCUT2D eigenvalue weighted by Crippen LogP contribution is -2.51. The lowest BCUT2D eigenvalue weighted by Gasteiger charge is -2.41. The van der Waals surface area contributed by atoms with E-state index in [1.54, 1.807) is 0 Å². The van der Waals surface area contributed by atoms with Crippen LogP contribution >= 0.6 is 11.6 Å². The molecule has 2 atom stereocenters. The second kappa shape index (κ2) is 7.13. The minimum Gasteiger partial charge on any atom is -0.365 e. The van der Waals surface area contributed by atoms with E-state index in [4.69, 9.17) is 22.1 Å². The number of carbonyl (C=O) groups excluding carboxylic acids is 1. The second-order valence-electron chi connectivity index (χ2n) is 5.59. The number of nitrogens with two attached hydrogens (primary N) is 1. The van der Waals surface area contributed by atoms with E-state index in [1.807, 2.05) is 59.5 Å². The Hall–Kier alpha value is -1.88. The van der Waals surface area contributed by atoms with E-state index in [9.17, 15) is 4.79 Å². The van der Waals surface area contributed by atoms with Crippen LogP contribution in [0.4, 0.5) is 0 Å². The predicted octanol–water partition coefficient (Wildman–Crippen LogP) is 2.77. The summed E-state index contributed by atoms with van der Waals surface area (Å²) in [6.07, 6.45) is -0.214. The monoisotopic (exact) mass is 330 g/mol. The number of halogens is 1. The van der Waals surface area contributed by atoms with Gasteiger partial charge in [-0.3, -0.25) is 4.79 Å². The molecular weight excluding hydrogens is 312 g/mol. The standard InChI is InChI=1S/C18H19ClN2O2/c19-15-8-4-5-13(9-15)11-21-17(22)12-23-16(10-20)18(21)14-6-2-1-3-7-14/h1-9,16,18H,10-12,20H2/t16-,18+/m0/s1. The molecule has 0 spiro atoms. The lowest BCUT2D eigenvalue weighted by atomic mass is 9.97. The highest BCUT2D eigenvalue weighted by molar-refractivity contribution is 6.30. The minimum absolute atomic E-state index is 0.0384. The molecule has 120 valence electrons. The topological polar surface area (TPSA) is 55.6 Å². The third kappa shape index (κ3) is 3.55. The van der Waals surface area contributed by atoms with Gasteiger partial charge in [-0.15, -0.1) is 0 Å². The van der Waals surface area contributed by atoms with Gasteiger partial charge in [-0.05, 0) is 23.3 Å². The van der Waals surface area contributed by atoms with Gasteiger partial charge >= 0.3 is 0 Å². The number of ether oxygens (including phenoxy) is 1. The molecule has 2 aromatic carbocycles. The highest BCUT2D eigenvalue weighted by Crippen LogP contribution is 2.31. The van der Waals surface area contributed by atoms with Gasteiger partial charge in [0.15, 0.2) is 0 Å². The first-order valence-electron chi connectivity index (χ1n) is 7.59. The Morgan fingerprint density at radius 2 is 1.96 bits per heavy atom. The number of benzene rings is 2. The van der Waals surface area contributed by atoms with Crippen LogP contribution in [0, 0.1) is 0 Å². The fraction of sp³-hybridized carbons (Fsp3) is 0.278. The van der Waals surface area contributed by atoms with E-state index in [0.29, 0.717) is 18.1 Å². The zero-order chi connectivity index (χ0) is 16.2. The van der Waals surface area contributed by atoms with Crippen molar-refractivity contribution < 1.29 is 9.53 Å². The van der Waals surface area contributed by atoms with Gasteiger partial charge < -0.3 is 15.4 Å². The molecule has 0 aromatic heterocycles. The van der Waals surface area contributed by atoms with Crippen molar-refractivity contribution in [2.24, 2.45) is 5.73 Å². The molecule has 23 heavy (non-hydrogen) atoms. The number of nitrogens with zero attached hydrogens (tertiary/aromatic N) is 1. The van der Waals surface area contributed by atoms with Crippen molar-refractivity contribution in [1.82, 2.24) is 4.90 Å². The maximum Gasteiger partial charge on any atom is 0.249 e. The number of rotatable bonds is 4. The van der Waals surface area contributed by atoms with Crippen LogP contribution in [-0.2, 0) is 16.1 Å². The Bertz CT molecular complexity index is 678. The van der Waals surface area contributed by atoms with Gasteiger partial charge in [0.1, 0.15) is 6.61 Å². The zero-order valence-electron chi connectivity index (χ0n) is 12.7. The van der Waals surface area contributed by atoms with Crippen LogP contribution in [0.5, 0.6) is 0 Å². The molecule has 3 rings (SSSR count). The third-order valence-corrected chi connectivity index (χ3v) is 4.28. The zero-order valence-corrected chi connectivity index (χ0v) is 13.4. The van der Waals surface area contributed by atoms with Crippen molar-refractivity contribution in [2.45, 2.75) is 18.7 Å². The molecule has 0 aliphatic carbocycles. The summed E-state index contributed by atoms with van der Waals surface area (Å²) >= 11 is 6.06. The molecule has 0 unspecified atom stereocenters. The van der Waals surface area contributed by atoms with Crippen molar-refractivity contribution in [3.05, 3.63) is 70.7 Å². The quantitative estimate of drug-likeness (QED) is 0.937. The van der Waals surface area contributed by atoms with E-state index in [-0.39, 0.29) is 24.7 Å². The largest absolute Gasteiger partial charge is 0.365 e. The first kappa shape index (κ1) is 16.0. The summed E-state index contributed by atoms with van der Waals surface area (Å²) in [7, 11) is 0. The van der Waals surface area contributed by atoms with Gasteiger partial charge in [-0.2, -0.15) is 0 Å². The maximum absolute atomic E-state index is 12.5. The van der Waals surface area contributed by atoms with E-state index < -0.39 is 0 Å². The fourth-order valence-corrected chi connectivity index (χ4v) is 3.18. The molecule has 1 heterocycles. The summed E-state index contributed by atoms with van der Waals surface area (Å²) in [5, 5.41) is 0.662. The van der Waals surface area contributed by atoms with Gasteiger partial charge in [0, 0.05) is 18.1 Å². The van der Waals surface area contributed by atoms with Crippen LogP contribution in [-0.4, -0.2) is 30.1 Å². The summed E-state index contributed by atoms with van der Waals surface area (Å²) in [6.45, 7) is 0.906. The molecule has 1 fully saturated rings. The molecule has 2 aromatic rings. The van der Waals surface area contributed by atoms with Gasteiger partial charge in [0.2, 0.25) is 5.91 Å². The first-order chi connectivity index (χ1) is 11.2. The Labute approximate surface area is 140 Å². The Balaban J connectivity index is 1.94. The van der Waals surface area contributed by atoms with Crippen LogP contribution in [0.3, 0.4) is 0 Å². The summed E-state index contributed by atoms with van der Waals surface area (Å²) in [4.78, 5) is 14.3. The Kier molecular flexibility index (Phi) is 4.96. The summed E-state index contributed by atoms with van der Waals surface area (Å²) in [5.41, 5.74) is 7.89. The number of morpholine rings is 1. The molecule has 1 saturated heterocycles. The lowest BCUT2D eigenvalue weighted by molar-refractivity contribution is -0.158. The van der Waals surface area contributed by atoms with Crippen LogP contribution < -0.4 is 5.73 Å². The number of hydrogen-bond acceptors (Lipinski definition) is 3. The molecule has 1 aliphatic rings. The molecule has 0 bridgehead atoms. The van der Waals surface area contributed by atoms with Crippen molar-refractivity contribution in [3.63, 3.8) is 0 Å². The minimum atomic E-state index is -0.214. The van der Waals surface area contributed by atoms with Crippen molar-refractivity contribution in [3.8, 4) is 0 Å². The smallest absolute Gasteiger partial charge is 0.249 e. The van der Waals surface area contributed by atoms with Crippen LogP contribution in [0.25, 0.3) is 0 Å². The number of amides is 1. The third-order valence-electron chi connectivity index (χ3n) is 4.04. The van der Waals surface area contributed by atoms with E-state index >= 15 is 0 Å². The average molecular weight is 331 g/mol. The van der Waals surface area contributed by atoms with Crippen LogP contribution in [0.2, 0.25) is 5.02 Å². The Morgan fingerprint density at radius 1 is 1.17 bits per heavy atom. The van der Waals surface area contributed by atoms with Gasteiger partial charge in [0.05, 0.1) is 12.1 Å². The van der Waals surface area contributed by atoms with Gasteiger partial charge in [-0.25, -0.2) is 0 Å². The Morgan fingerprint density at radius 3 is 2.65 bits per heavy atom. The summed E-state index contributed by atoms with van der Waals surface area (Å²) in [6, 6.07) is 17.2. The van der Waals surface area contributed by atoms with E-state index in [2.05, 4.69) is 0 Å². The highest BCUT2D eigenvalue weighted by Gasteiger charge is 2.36. The van der Waals surface area contributed by atoms with Gasteiger partial charge in [0.25, 0.3) is 0 Å². The van der Waals surface area contributed by atoms with Crippen molar-refractivity contribution in [1.29, 1.82) is 0 Å².